The van der Waals surface area contributed by atoms with Crippen LogP contribution in [0, 0.1) is 41.1 Å². The molecule has 24 nitrogen and oxygen atoms in total. The molecule has 0 bridgehead atoms. The van der Waals surface area contributed by atoms with Crippen LogP contribution in [-0.2, 0) is 28.6 Å². The standard InChI is InChI=1S/C8H15Br2NO2.C8H15N3O8.C8H17NO4.C5H11NO2.C3H5BrO.Na.H2O/c9-5-7(10)6-13-8-1-3-11(12)4-2-8;12-9-3-1-7(2-4-9)17-5-8(19-11(15)16)6-18-10(13)14;10-5-7(11)6-13-8-1-3-9(12)4-2-8;7-5-1-3-6(8)4-2-5;4-1-3-2-5-3;;/h7-8,11H,1-6H2;7-9H,1-6H2;7-11H,1-6H2;5-7H,1-4H2;3H,1-2H2;;1H2/q;;;;;+1;/p-1. The van der Waals surface area contributed by atoms with Gasteiger partial charge >= 0.3 is 29.6 Å². The molecular weight excluding hydrogens is 1020 g/mol. The number of nitrogens with one attached hydrogen (secondary N) is 4. The summed E-state index contributed by atoms with van der Waals surface area (Å²) in [6, 6.07) is 0. The van der Waals surface area contributed by atoms with E-state index in [-0.39, 0.29) is 78.2 Å². The molecule has 4 atom stereocenters. The summed E-state index contributed by atoms with van der Waals surface area (Å²) in [5.74, 6) is 0. The van der Waals surface area contributed by atoms with Crippen LogP contribution in [0.2, 0.25) is 0 Å². The van der Waals surface area contributed by atoms with Crippen molar-refractivity contribution >= 4 is 47.8 Å². The average molecular weight is 1080 g/mol. The van der Waals surface area contributed by atoms with Crippen molar-refractivity contribution in [3.05, 3.63) is 41.1 Å². The molecule has 8 N–H and O–H groups in total. The summed E-state index contributed by atoms with van der Waals surface area (Å²) < 4.78 is 21.1. The number of alkyl halides is 3. The van der Waals surface area contributed by atoms with Gasteiger partial charge in [0.2, 0.25) is 0 Å². The maximum atomic E-state index is 11.0. The van der Waals surface area contributed by atoms with E-state index in [1.54, 1.807) is 0 Å². The average Bonchev–Trinajstić information content (AvgIpc) is 4.06. The van der Waals surface area contributed by atoms with Crippen molar-refractivity contribution in [2.45, 2.75) is 98.9 Å². The Morgan fingerprint density at radius 2 is 1.07 bits per heavy atom. The Labute approximate surface area is 397 Å². The third-order valence-corrected chi connectivity index (χ3v) is 12.1. The number of epoxide rings is 1. The maximum Gasteiger partial charge on any atom is 1.00 e. The van der Waals surface area contributed by atoms with E-state index in [9.17, 15) is 41.1 Å². The fourth-order valence-electron chi connectivity index (χ4n) is 5.52. The van der Waals surface area contributed by atoms with Crippen LogP contribution in [0.25, 0.3) is 0 Å². The van der Waals surface area contributed by atoms with E-state index >= 15 is 0 Å². The maximum absolute atomic E-state index is 11.0. The first-order valence-electron chi connectivity index (χ1n) is 19.5. The minimum atomic E-state index is -1.17. The topological polar surface area (TPSA) is 346 Å². The van der Waals surface area contributed by atoms with E-state index < -0.39 is 29.0 Å². The van der Waals surface area contributed by atoms with Gasteiger partial charge in [0.05, 0.1) is 116 Å². The minimum absolute atomic E-state index is 0. The summed E-state index contributed by atoms with van der Waals surface area (Å²) in [7, 11) is 0. The molecule has 5 heterocycles. The van der Waals surface area contributed by atoms with Gasteiger partial charge in [-0.2, -0.15) is 0 Å². The number of piperidine rings is 4. The molecule has 0 aromatic carbocycles. The number of rotatable bonds is 17. The van der Waals surface area contributed by atoms with Crippen molar-refractivity contribution in [2.24, 2.45) is 0 Å². The zero-order chi connectivity index (χ0) is 43.3. The second-order valence-corrected chi connectivity index (χ2v) is 16.7. The molecule has 0 saturated carbocycles. The van der Waals surface area contributed by atoms with Crippen molar-refractivity contribution in [3.63, 3.8) is 0 Å². The third-order valence-electron chi connectivity index (χ3n) is 9.09. The van der Waals surface area contributed by atoms with E-state index in [1.807, 2.05) is 0 Å². The Hall–Kier alpha value is 0.200. The first-order chi connectivity index (χ1) is 27.6. The number of quaternary nitrogens is 4. The van der Waals surface area contributed by atoms with Gasteiger partial charge < -0.3 is 90.5 Å². The van der Waals surface area contributed by atoms with E-state index in [2.05, 4.69) is 57.5 Å². The fraction of sp³-hybridized carbons (Fsp3) is 1.00. The molecule has 5 saturated heterocycles. The quantitative estimate of drug-likeness (QED) is 0.0178. The number of hydrogen-bond donors (Lipinski definition) is 7. The number of aliphatic hydroxyl groups excluding tert-OH is 3. The fourth-order valence-corrected chi connectivity index (χ4v) is 6.24. The first kappa shape index (κ1) is 62.3. The van der Waals surface area contributed by atoms with Crippen molar-refractivity contribution < 1.29 is 109 Å². The van der Waals surface area contributed by atoms with Gasteiger partial charge in [-0.05, 0) is 0 Å². The van der Waals surface area contributed by atoms with E-state index in [0.29, 0.717) is 110 Å². The molecule has 0 aliphatic carbocycles. The summed E-state index contributed by atoms with van der Waals surface area (Å²) in [5, 5.41) is 90.8. The Bertz CT molecular complexity index is 994. The van der Waals surface area contributed by atoms with Crippen LogP contribution in [0.4, 0.5) is 0 Å². The van der Waals surface area contributed by atoms with E-state index in [1.165, 1.54) is 0 Å². The Kier molecular flexibility index (Phi) is 39.9. The molecule has 28 heteroatoms. The summed E-state index contributed by atoms with van der Waals surface area (Å²) in [5.41, 5.74) is 0. The SMILES string of the molecule is BrCC1CO1.O=[N+]([O-])OCC(COC1CC[NH+]([O-])CC1)O[N+](=O)[O-].[Na+].[O-][NH+]1CCC(O)CC1.[O-][NH+]1CCC(OCC(Br)CBr)CC1.[O-][NH+]1CCC(OCC(O)CO)CC1.[OH-]. The van der Waals surface area contributed by atoms with Gasteiger partial charge in [-0.3, -0.25) is 0 Å². The predicted molar refractivity (Wildman–Crippen MR) is 218 cm³/mol. The number of hydroxylamine groups is 8. The molecule has 5 aliphatic rings. The molecule has 352 valence electrons. The van der Waals surface area contributed by atoms with E-state index in [0.717, 1.165) is 49.6 Å². The van der Waals surface area contributed by atoms with Gasteiger partial charge in [0.15, 0.2) is 6.10 Å². The molecule has 0 spiro atoms. The van der Waals surface area contributed by atoms with Gasteiger partial charge in [0, 0.05) is 66.9 Å². The number of ether oxygens (including phenoxy) is 4. The number of hydrogen-bond acceptors (Lipinski definition) is 18. The Balaban J connectivity index is 0. The van der Waals surface area contributed by atoms with Crippen molar-refractivity contribution in [1.82, 2.24) is 0 Å². The zero-order valence-corrected chi connectivity index (χ0v) is 40.9. The number of aliphatic hydroxyl groups is 3. The second-order valence-electron chi connectivity index (χ2n) is 14.2. The molecule has 5 aliphatic heterocycles. The van der Waals surface area contributed by atoms with Crippen LogP contribution in [0.5, 0.6) is 0 Å². The van der Waals surface area contributed by atoms with Crippen LogP contribution in [0.3, 0.4) is 0 Å². The molecular formula is C32H64Br3N6NaO18. The second kappa shape index (κ2) is 38.5. The predicted octanol–water partition coefficient (Wildman–Crippen LogP) is -6.93. The molecule has 5 rings (SSSR count). The summed E-state index contributed by atoms with van der Waals surface area (Å²) in [6.45, 7) is 5.36. The molecule has 5 fully saturated rings. The summed E-state index contributed by atoms with van der Waals surface area (Å²) >= 11 is 10.1. The normalized spacial score (nSPS) is 29.6. The molecule has 0 aromatic rings. The van der Waals surface area contributed by atoms with Crippen LogP contribution in [0.1, 0.15) is 51.4 Å². The van der Waals surface area contributed by atoms with Crippen LogP contribution in [0.15, 0.2) is 0 Å². The summed E-state index contributed by atoms with van der Waals surface area (Å²) in [6.07, 6.45) is 4.33. The van der Waals surface area contributed by atoms with Crippen molar-refractivity contribution in [2.75, 3.05) is 103 Å². The number of halogens is 3. The molecule has 0 amide bonds. The van der Waals surface area contributed by atoms with Gasteiger partial charge in [-0.25, -0.2) is 0 Å². The molecule has 4 unspecified atom stereocenters. The van der Waals surface area contributed by atoms with Crippen LogP contribution >= 0.6 is 47.8 Å². The zero-order valence-electron chi connectivity index (χ0n) is 34.1. The largest absolute Gasteiger partial charge is 1.00 e. The smallest absolute Gasteiger partial charge is 0.870 e. The van der Waals surface area contributed by atoms with Crippen molar-refractivity contribution in [3.8, 4) is 0 Å². The van der Waals surface area contributed by atoms with E-state index in [4.69, 9.17) is 34.3 Å². The Morgan fingerprint density at radius 3 is 1.37 bits per heavy atom. The Morgan fingerprint density at radius 1 is 0.683 bits per heavy atom. The van der Waals surface area contributed by atoms with Crippen LogP contribution < -0.4 is 49.8 Å². The van der Waals surface area contributed by atoms with Gasteiger partial charge in [-0.1, -0.05) is 47.8 Å². The van der Waals surface area contributed by atoms with Gasteiger partial charge in [-0.15, -0.1) is 20.2 Å². The molecule has 60 heavy (non-hydrogen) atoms. The monoisotopic (exact) mass is 1080 g/mol. The first-order valence-corrected chi connectivity index (χ1v) is 22.6. The summed E-state index contributed by atoms with van der Waals surface area (Å²) in [4.78, 5) is 28.8. The minimum Gasteiger partial charge on any atom is -0.870 e. The number of nitrogens with zero attached hydrogens (tertiary/aromatic N) is 2. The molecule has 0 aromatic heterocycles. The van der Waals surface area contributed by atoms with Crippen LogP contribution in [-0.4, -0.2) is 181 Å². The van der Waals surface area contributed by atoms with Gasteiger partial charge in [0.25, 0.3) is 10.2 Å². The third kappa shape index (κ3) is 35.5. The van der Waals surface area contributed by atoms with Crippen molar-refractivity contribution in [1.29, 1.82) is 0 Å². The van der Waals surface area contributed by atoms with Gasteiger partial charge in [0.1, 0.15) is 12.7 Å². The molecule has 0 radical (unpaired) electrons.